The minimum Gasteiger partial charge on any atom is -0.466 e. The zero-order valence-corrected chi connectivity index (χ0v) is 12.1. The van der Waals surface area contributed by atoms with Gasteiger partial charge < -0.3 is 10.5 Å². The van der Waals surface area contributed by atoms with Crippen molar-refractivity contribution in [3.63, 3.8) is 0 Å². The van der Waals surface area contributed by atoms with E-state index < -0.39 is 5.41 Å². The predicted octanol–water partition coefficient (Wildman–Crippen LogP) is 2.18. The molecule has 1 rings (SSSR count). The number of pyridine rings is 1. The molecule has 106 valence electrons. The minimum absolute atomic E-state index is 0.199. The van der Waals surface area contributed by atoms with E-state index in [1.807, 2.05) is 19.1 Å². The van der Waals surface area contributed by atoms with Crippen LogP contribution in [-0.2, 0) is 16.0 Å². The van der Waals surface area contributed by atoms with Gasteiger partial charge in [0.05, 0.1) is 12.0 Å². The molecule has 1 unspecified atom stereocenters. The maximum absolute atomic E-state index is 12.3. The Morgan fingerprint density at radius 2 is 2.26 bits per heavy atom. The molecule has 4 nitrogen and oxygen atoms in total. The largest absolute Gasteiger partial charge is 0.466 e. The first-order chi connectivity index (χ1) is 9.04. The maximum atomic E-state index is 12.3. The molecule has 1 aromatic rings. The highest BCUT2D eigenvalue weighted by molar-refractivity contribution is 5.77. The summed E-state index contributed by atoms with van der Waals surface area (Å²) in [6.07, 6.45) is 4.80. The fourth-order valence-corrected chi connectivity index (χ4v) is 2.43. The van der Waals surface area contributed by atoms with Crippen molar-refractivity contribution < 1.29 is 9.53 Å². The average molecular weight is 264 g/mol. The fraction of sp³-hybridized carbons (Fsp3) is 0.600. The van der Waals surface area contributed by atoms with Crippen molar-refractivity contribution in [2.75, 3.05) is 13.2 Å². The van der Waals surface area contributed by atoms with Gasteiger partial charge in [-0.1, -0.05) is 19.9 Å². The second-order valence-corrected chi connectivity index (χ2v) is 5.34. The SMILES string of the molecule is CCOC(=O)C(CN)(Cc1cccnc1)CC(C)C. The summed E-state index contributed by atoms with van der Waals surface area (Å²) in [5.74, 6) is 0.180. The third-order valence-electron chi connectivity index (χ3n) is 3.16. The fourth-order valence-electron chi connectivity index (χ4n) is 2.43. The number of rotatable bonds is 7. The lowest BCUT2D eigenvalue weighted by Gasteiger charge is -2.31. The van der Waals surface area contributed by atoms with Crippen LogP contribution in [-0.4, -0.2) is 24.1 Å². The van der Waals surface area contributed by atoms with Gasteiger partial charge in [0.2, 0.25) is 0 Å². The van der Waals surface area contributed by atoms with Gasteiger partial charge in [0.15, 0.2) is 0 Å². The minimum atomic E-state index is -0.646. The highest BCUT2D eigenvalue weighted by Gasteiger charge is 2.39. The Bertz CT molecular complexity index is 392. The van der Waals surface area contributed by atoms with E-state index in [0.717, 1.165) is 12.0 Å². The van der Waals surface area contributed by atoms with Crippen molar-refractivity contribution in [2.45, 2.75) is 33.6 Å². The topological polar surface area (TPSA) is 65.2 Å². The Morgan fingerprint density at radius 3 is 2.74 bits per heavy atom. The maximum Gasteiger partial charge on any atom is 0.313 e. The average Bonchev–Trinajstić information content (AvgIpc) is 2.38. The molecule has 19 heavy (non-hydrogen) atoms. The van der Waals surface area contributed by atoms with Crippen LogP contribution < -0.4 is 5.73 Å². The first kappa shape index (κ1) is 15.6. The standard InChI is InChI=1S/C15H24N2O2/c1-4-19-14(18)15(11-16,8-12(2)3)9-13-6-5-7-17-10-13/h5-7,10,12H,4,8-9,11,16H2,1-3H3. The van der Waals surface area contributed by atoms with E-state index >= 15 is 0 Å². The lowest BCUT2D eigenvalue weighted by Crippen LogP contribution is -2.43. The van der Waals surface area contributed by atoms with Gasteiger partial charge in [-0.15, -0.1) is 0 Å². The molecule has 0 bridgehead atoms. The number of nitrogens with zero attached hydrogens (tertiary/aromatic N) is 1. The molecule has 0 aliphatic heterocycles. The molecule has 1 atom stereocenters. The van der Waals surface area contributed by atoms with Crippen LogP contribution >= 0.6 is 0 Å². The van der Waals surface area contributed by atoms with Gasteiger partial charge in [0.1, 0.15) is 0 Å². The lowest BCUT2D eigenvalue weighted by molar-refractivity contribution is -0.156. The summed E-state index contributed by atoms with van der Waals surface area (Å²) in [6, 6.07) is 3.84. The quantitative estimate of drug-likeness (QED) is 0.767. The van der Waals surface area contributed by atoms with Crippen LogP contribution in [0.25, 0.3) is 0 Å². The van der Waals surface area contributed by atoms with Crippen LogP contribution in [0, 0.1) is 11.3 Å². The molecule has 0 saturated carbocycles. The second kappa shape index (κ2) is 7.24. The normalized spacial score (nSPS) is 14.2. The van der Waals surface area contributed by atoms with Crippen LogP contribution in [0.3, 0.4) is 0 Å². The Morgan fingerprint density at radius 1 is 1.53 bits per heavy atom. The number of carbonyl (C=O) groups is 1. The van der Waals surface area contributed by atoms with Crippen molar-refractivity contribution in [3.8, 4) is 0 Å². The third-order valence-corrected chi connectivity index (χ3v) is 3.16. The van der Waals surface area contributed by atoms with Gasteiger partial charge in [-0.05, 0) is 37.3 Å². The van der Waals surface area contributed by atoms with Gasteiger partial charge in [0.25, 0.3) is 0 Å². The van der Waals surface area contributed by atoms with E-state index in [1.165, 1.54) is 0 Å². The lowest BCUT2D eigenvalue weighted by atomic mass is 9.75. The van der Waals surface area contributed by atoms with E-state index in [-0.39, 0.29) is 5.97 Å². The van der Waals surface area contributed by atoms with E-state index in [1.54, 1.807) is 12.4 Å². The number of ether oxygens (including phenoxy) is 1. The van der Waals surface area contributed by atoms with Crippen molar-refractivity contribution in [1.82, 2.24) is 4.98 Å². The number of aromatic nitrogens is 1. The summed E-state index contributed by atoms with van der Waals surface area (Å²) in [5.41, 5.74) is 6.28. The molecule has 1 aromatic heterocycles. The molecule has 0 radical (unpaired) electrons. The molecule has 2 N–H and O–H groups in total. The Labute approximate surface area is 115 Å². The molecular formula is C15H24N2O2. The molecular weight excluding hydrogens is 240 g/mol. The van der Waals surface area contributed by atoms with Gasteiger partial charge in [-0.25, -0.2) is 0 Å². The number of nitrogens with two attached hydrogens (primary N) is 1. The molecule has 4 heteroatoms. The van der Waals surface area contributed by atoms with Crippen LogP contribution in [0.1, 0.15) is 32.8 Å². The second-order valence-electron chi connectivity index (χ2n) is 5.34. The smallest absolute Gasteiger partial charge is 0.313 e. The molecule has 0 aromatic carbocycles. The van der Waals surface area contributed by atoms with Crippen molar-refractivity contribution in [1.29, 1.82) is 0 Å². The monoisotopic (exact) mass is 264 g/mol. The summed E-state index contributed by atoms with van der Waals surface area (Å²) in [6.45, 7) is 6.67. The van der Waals surface area contributed by atoms with Crippen molar-refractivity contribution in [3.05, 3.63) is 30.1 Å². The summed E-state index contributed by atoms with van der Waals surface area (Å²) >= 11 is 0. The third kappa shape index (κ3) is 4.31. The van der Waals surface area contributed by atoms with Gasteiger partial charge in [0, 0.05) is 18.9 Å². The van der Waals surface area contributed by atoms with E-state index in [0.29, 0.717) is 25.5 Å². The van der Waals surface area contributed by atoms with Crippen LogP contribution in [0.15, 0.2) is 24.5 Å². The molecule has 0 fully saturated rings. The van der Waals surface area contributed by atoms with Crippen LogP contribution in [0.4, 0.5) is 0 Å². The zero-order chi connectivity index (χ0) is 14.3. The zero-order valence-electron chi connectivity index (χ0n) is 12.1. The van der Waals surface area contributed by atoms with Crippen molar-refractivity contribution in [2.24, 2.45) is 17.1 Å². The predicted molar refractivity (Wildman–Crippen MR) is 75.5 cm³/mol. The number of esters is 1. The van der Waals surface area contributed by atoms with Crippen LogP contribution in [0.5, 0.6) is 0 Å². The summed E-state index contributed by atoms with van der Waals surface area (Å²) in [5, 5.41) is 0. The molecule has 0 aliphatic rings. The summed E-state index contributed by atoms with van der Waals surface area (Å²) in [7, 11) is 0. The summed E-state index contributed by atoms with van der Waals surface area (Å²) in [4.78, 5) is 16.4. The highest BCUT2D eigenvalue weighted by atomic mass is 16.5. The highest BCUT2D eigenvalue weighted by Crippen LogP contribution is 2.31. The summed E-state index contributed by atoms with van der Waals surface area (Å²) < 4.78 is 5.23. The Kier molecular flexibility index (Phi) is 5.96. The Hall–Kier alpha value is -1.42. The van der Waals surface area contributed by atoms with Crippen molar-refractivity contribution >= 4 is 5.97 Å². The number of hydrogen-bond acceptors (Lipinski definition) is 4. The molecule has 0 aliphatic carbocycles. The van der Waals surface area contributed by atoms with Gasteiger partial charge in [-0.2, -0.15) is 0 Å². The van der Waals surface area contributed by atoms with E-state index in [9.17, 15) is 4.79 Å². The molecule has 0 spiro atoms. The molecule has 0 amide bonds. The molecule has 0 saturated heterocycles. The number of carbonyl (C=O) groups excluding carboxylic acids is 1. The Balaban J connectivity index is 2.98. The first-order valence-corrected chi connectivity index (χ1v) is 6.80. The van der Waals surface area contributed by atoms with E-state index in [4.69, 9.17) is 10.5 Å². The van der Waals surface area contributed by atoms with Gasteiger partial charge in [-0.3, -0.25) is 9.78 Å². The van der Waals surface area contributed by atoms with Crippen LogP contribution in [0.2, 0.25) is 0 Å². The van der Waals surface area contributed by atoms with Gasteiger partial charge >= 0.3 is 5.97 Å². The van der Waals surface area contributed by atoms with E-state index in [2.05, 4.69) is 18.8 Å². The first-order valence-electron chi connectivity index (χ1n) is 6.80. The number of hydrogen-bond donors (Lipinski definition) is 1. The molecule has 1 heterocycles.